The highest BCUT2D eigenvalue weighted by molar-refractivity contribution is 6.01. The molecule has 0 aromatic heterocycles. The van der Waals surface area contributed by atoms with Gasteiger partial charge in [0.2, 0.25) is 0 Å². The third-order valence-electron chi connectivity index (χ3n) is 3.78. The number of phenols is 1. The monoisotopic (exact) mass is 271 g/mol. The quantitative estimate of drug-likeness (QED) is 0.913. The van der Waals surface area contributed by atoms with E-state index < -0.39 is 0 Å². The summed E-state index contributed by atoms with van der Waals surface area (Å²) in [6.45, 7) is 1.60. The van der Waals surface area contributed by atoms with E-state index in [0.29, 0.717) is 11.3 Å². The number of ether oxygens (including phenoxy) is 1. The van der Waals surface area contributed by atoms with Gasteiger partial charge in [-0.2, -0.15) is 0 Å². The average molecular weight is 271 g/mol. The maximum Gasteiger partial charge on any atom is 0.254 e. The molecule has 4 nitrogen and oxygen atoms in total. The van der Waals surface area contributed by atoms with E-state index in [2.05, 4.69) is 0 Å². The fraction of sp³-hybridized carbons (Fsp3) is 0.312. The van der Waals surface area contributed by atoms with E-state index >= 15 is 0 Å². The number of benzene rings is 2. The van der Waals surface area contributed by atoms with E-state index in [1.54, 1.807) is 25.3 Å². The Hall–Kier alpha value is -2.23. The first-order valence-corrected chi connectivity index (χ1v) is 6.79. The zero-order valence-electron chi connectivity index (χ0n) is 11.4. The van der Waals surface area contributed by atoms with Crippen LogP contribution >= 0.6 is 0 Å². The number of hydrogen-bond donors (Lipinski definition) is 1. The van der Waals surface area contributed by atoms with Crippen LogP contribution in [0.25, 0.3) is 10.8 Å². The van der Waals surface area contributed by atoms with Gasteiger partial charge in [-0.15, -0.1) is 0 Å². The van der Waals surface area contributed by atoms with Crippen molar-refractivity contribution in [3.8, 4) is 11.5 Å². The van der Waals surface area contributed by atoms with Crippen molar-refractivity contribution >= 4 is 16.7 Å². The maximum atomic E-state index is 12.4. The number of carbonyl (C=O) groups excluding carboxylic acids is 1. The third-order valence-corrected chi connectivity index (χ3v) is 3.78. The third kappa shape index (κ3) is 2.18. The van der Waals surface area contributed by atoms with Gasteiger partial charge in [-0.1, -0.05) is 0 Å². The Balaban J connectivity index is 2.05. The molecular weight excluding hydrogens is 254 g/mol. The molecule has 0 aliphatic carbocycles. The average Bonchev–Trinajstić information content (AvgIpc) is 2.99. The van der Waals surface area contributed by atoms with Crippen LogP contribution in [0.5, 0.6) is 11.5 Å². The van der Waals surface area contributed by atoms with Crippen molar-refractivity contribution in [2.24, 2.45) is 0 Å². The smallest absolute Gasteiger partial charge is 0.254 e. The molecule has 1 aliphatic rings. The van der Waals surface area contributed by atoms with Gasteiger partial charge in [0.25, 0.3) is 5.91 Å². The highest BCUT2D eigenvalue weighted by atomic mass is 16.5. The van der Waals surface area contributed by atoms with Crippen LogP contribution in [0.4, 0.5) is 0 Å². The summed E-state index contributed by atoms with van der Waals surface area (Å²) >= 11 is 0. The zero-order chi connectivity index (χ0) is 14.1. The first-order valence-electron chi connectivity index (χ1n) is 6.79. The number of nitrogens with zero attached hydrogens (tertiary/aromatic N) is 1. The summed E-state index contributed by atoms with van der Waals surface area (Å²) < 4.78 is 5.19. The Morgan fingerprint density at radius 1 is 1.20 bits per heavy atom. The lowest BCUT2D eigenvalue weighted by atomic mass is 10.0. The molecule has 0 unspecified atom stereocenters. The SMILES string of the molecule is COc1ccc2c(O)cc(C(=O)N3CCCC3)cc2c1. The van der Waals surface area contributed by atoms with Gasteiger partial charge < -0.3 is 14.7 Å². The second kappa shape index (κ2) is 5.04. The van der Waals surface area contributed by atoms with Crippen molar-refractivity contribution in [3.05, 3.63) is 35.9 Å². The summed E-state index contributed by atoms with van der Waals surface area (Å²) in [4.78, 5) is 14.2. The minimum atomic E-state index is -0.0116. The minimum Gasteiger partial charge on any atom is -0.507 e. The summed E-state index contributed by atoms with van der Waals surface area (Å²) in [6, 6.07) is 8.79. The molecule has 0 saturated carbocycles. The predicted molar refractivity (Wildman–Crippen MR) is 77.3 cm³/mol. The van der Waals surface area contributed by atoms with E-state index in [1.807, 2.05) is 17.0 Å². The predicted octanol–water partition coefficient (Wildman–Crippen LogP) is 2.79. The summed E-state index contributed by atoms with van der Waals surface area (Å²) in [5, 5.41) is 11.6. The van der Waals surface area contributed by atoms with E-state index in [4.69, 9.17) is 4.74 Å². The van der Waals surface area contributed by atoms with Crippen molar-refractivity contribution in [1.29, 1.82) is 0 Å². The highest BCUT2D eigenvalue weighted by Crippen LogP contribution is 2.30. The molecule has 0 atom stereocenters. The number of fused-ring (bicyclic) bond motifs is 1. The number of carbonyl (C=O) groups is 1. The lowest BCUT2D eigenvalue weighted by Crippen LogP contribution is -2.27. The van der Waals surface area contributed by atoms with Crippen LogP contribution in [0.3, 0.4) is 0 Å². The van der Waals surface area contributed by atoms with Crippen LogP contribution in [-0.2, 0) is 0 Å². The molecule has 1 fully saturated rings. The van der Waals surface area contributed by atoms with Crippen molar-refractivity contribution < 1.29 is 14.6 Å². The maximum absolute atomic E-state index is 12.4. The molecule has 2 aromatic rings. The van der Waals surface area contributed by atoms with E-state index in [9.17, 15) is 9.90 Å². The number of hydrogen-bond acceptors (Lipinski definition) is 3. The van der Waals surface area contributed by atoms with Crippen molar-refractivity contribution in [2.45, 2.75) is 12.8 Å². The fourth-order valence-electron chi connectivity index (χ4n) is 2.68. The normalized spacial score (nSPS) is 14.8. The number of aromatic hydroxyl groups is 1. The number of phenolic OH excluding ortho intramolecular Hbond substituents is 1. The van der Waals surface area contributed by atoms with Crippen molar-refractivity contribution in [1.82, 2.24) is 4.90 Å². The molecule has 4 heteroatoms. The first kappa shape index (κ1) is 12.8. The van der Waals surface area contributed by atoms with Gasteiger partial charge in [-0.3, -0.25) is 4.79 Å². The number of amides is 1. The van der Waals surface area contributed by atoms with Gasteiger partial charge in [-0.05, 0) is 48.6 Å². The summed E-state index contributed by atoms with van der Waals surface area (Å²) in [7, 11) is 1.60. The number of rotatable bonds is 2. The molecule has 0 radical (unpaired) electrons. The van der Waals surface area contributed by atoms with Crippen LogP contribution in [0, 0.1) is 0 Å². The Kier molecular flexibility index (Phi) is 3.22. The second-order valence-corrected chi connectivity index (χ2v) is 5.08. The molecule has 20 heavy (non-hydrogen) atoms. The Labute approximate surface area is 117 Å². The van der Waals surface area contributed by atoms with E-state index in [0.717, 1.165) is 36.7 Å². The molecular formula is C16H17NO3. The van der Waals surface area contributed by atoms with Gasteiger partial charge in [0.15, 0.2) is 0 Å². The molecule has 1 N–H and O–H groups in total. The zero-order valence-corrected chi connectivity index (χ0v) is 11.4. The molecule has 0 bridgehead atoms. The Morgan fingerprint density at radius 2 is 1.95 bits per heavy atom. The molecule has 104 valence electrons. The van der Waals surface area contributed by atoms with E-state index in [1.165, 1.54) is 0 Å². The molecule has 3 rings (SSSR count). The standard InChI is InChI=1S/C16H17NO3/c1-20-13-4-5-14-11(9-13)8-12(10-15(14)18)16(19)17-6-2-3-7-17/h4-5,8-10,18H,2-3,6-7H2,1H3. The van der Waals surface area contributed by atoms with Crippen LogP contribution in [0.15, 0.2) is 30.3 Å². The molecule has 1 heterocycles. The van der Waals surface area contributed by atoms with Gasteiger partial charge in [0.1, 0.15) is 11.5 Å². The van der Waals surface area contributed by atoms with E-state index in [-0.39, 0.29) is 11.7 Å². The van der Waals surface area contributed by atoms with Crippen LogP contribution in [0.1, 0.15) is 23.2 Å². The van der Waals surface area contributed by atoms with Gasteiger partial charge in [0, 0.05) is 24.0 Å². The number of likely N-dealkylation sites (tertiary alicyclic amines) is 1. The fourth-order valence-corrected chi connectivity index (χ4v) is 2.68. The minimum absolute atomic E-state index is 0.0116. The lowest BCUT2D eigenvalue weighted by molar-refractivity contribution is 0.0792. The molecule has 1 saturated heterocycles. The molecule has 1 aliphatic heterocycles. The lowest BCUT2D eigenvalue weighted by Gasteiger charge is -2.16. The van der Waals surface area contributed by atoms with Gasteiger partial charge in [-0.25, -0.2) is 0 Å². The van der Waals surface area contributed by atoms with Crippen molar-refractivity contribution in [3.63, 3.8) is 0 Å². The number of methoxy groups -OCH3 is 1. The summed E-state index contributed by atoms with van der Waals surface area (Å²) in [5.74, 6) is 0.831. The van der Waals surface area contributed by atoms with Crippen LogP contribution in [-0.4, -0.2) is 36.1 Å². The topological polar surface area (TPSA) is 49.8 Å². The molecule has 2 aromatic carbocycles. The first-order chi connectivity index (χ1) is 9.69. The van der Waals surface area contributed by atoms with Crippen LogP contribution in [0.2, 0.25) is 0 Å². The van der Waals surface area contributed by atoms with Gasteiger partial charge in [0.05, 0.1) is 7.11 Å². The van der Waals surface area contributed by atoms with Crippen LogP contribution < -0.4 is 4.74 Å². The van der Waals surface area contributed by atoms with Gasteiger partial charge >= 0.3 is 0 Å². The Morgan fingerprint density at radius 3 is 2.65 bits per heavy atom. The summed E-state index contributed by atoms with van der Waals surface area (Å²) in [6.07, 6.45) is 2.11. The molecule has 0 spiro atoms. The second-order valence-electron chi connectivity index (χ2n) is 5.08. The largest absolute Gasteiger partial charge is 0.507 e. The summed E-state index contributed by atoms with van der Waals surface area (Å²) in [5.41, 5.74) is 0.533. The molecule has 1 amide bonds. The Bertz CT molecular complexity index is 660. The van der Waals surface area contributed by atoms with Crippen molar-refractivity contribution in [2.75, 3.05) is 20.2 Å². The highest BCUT2D eigenvalue weighted by Gasteiger charge is 2.20.